The van der Waals surface area contributed by atoms with E-state index in [1.54, 1.807) is 0 Å². The van der Waals surface area contributed by atoms with Crippen molar-refractivity contribution in [1.29, 1.82) is 0 Å². The van der Waals surface area contributed by atoms with E-state index in [-0.39, 0.29) is 0 Å². The minimum Gasteiger partial charge on any atom is -0.377 e. The third-order valence-electron chi connectivity index (χ3n) is 1.86. The van der Waals surface area contributed by atoms with E-state index in [9.17, 15) is 0 Å². The Morgan fingerprint density at radius 2 is 1.83 bits per heavy atom. The van der Waals surface area contributed by atoms with Gasteiger partial charge in [0, 0.05) is 39.3 Å². The Balaban J connectivity index is 0.000000200. The van der Waals surface area contributed by atoms with Crippen molar-refractivity contribution in [3.63, 3.8) is 0 Å². The van der Waals surface area contributed by atoms with Gasteiger partial charge in [0.15, 0.2) is 0 Å². The Morgan fingerprint density at radius 3 is 2.25 bits per heavy atom. The summed E-state index contributed by atoms with van der Waals surface area (Å²) in [6.45, 7) is 8.43. The van der Waals surface area contributed by atoms with Crippen LogP contribution in [0, 0.1) is 0 Å². The van der Waals surface area contributed by atoms with Crippen molar-refractivity contribution in [1.82, 2.24) is 10.2 Å². The first-order valence-corrected chi connectivity index (χ1v) is 4.64. The zero-order chi connectivity index (χ0) is 8.65. The molecule has 0 aromatic heterocycles. The average molecular weight is 173 g/mol. The molecule has 0 bridgehead atoms. The smallest absolute Gasteiger partial charge is 0.0701 e. The van der Waals surface area contributed by atoms with Crippen LogP contribution in [0.2, 0.25) is 0 Å². The molecule has 3 N–H and O–H groups in total. The zero-order valence-electron chi connectivity index (χ0n) is 7.59. The predicted octanol–water partition coefficient (Wildman–Crippen LogP) is -1.13. The van der Waals surface area contributed by atoms with E-state index in [1.807, 2.05) is 0 Å². The second kappa shape index (κ2) is 6.37. The topological polar surface area (TPSA) is 53.8 Å². The van der Waals surface area contributed by atoms with Gasteiger partial charge in [0.25, 0.3) is 0 Å². The summed E-state index contributed by atoms with van der Waals surface area (Å²) < 4.78 is 4.50. The molecule has 4 heteroatoms. The summed E-state index contributed by atoms with van der Waals surface area (Å²) in [6.07, 6.45) is 0. The van der Waals surface area contributed by atoms with Crippen LogP contribution in [0.5, 0.6) is 0 Å². The highest BCUT2D eigenvalue weighted by Gasteiger charge is 2.06. The number of nitrogens with zero attached hydrogens (tertiary/aromatic N) is 1. The fourth-order valence-electron chi connectivity index (χ4n) is 1.12. The van der Waals surface area contributed by atoms with Crippen LogP contribution in [0.1, 0.15) is 0 Å². The van der Waals surface area contributed by atoms with E-state index in [2.05, 4.69) is 15.0 Å². The van der Waals surface area contributed by atoms with Crippen LogP contribution in [0.15, 0.2) is 0 Å². The Morgan fingerprint density at radius 1 is 1.25 bits per heavy atom. The lowest BCUT2D eigenvalue weighted by Gasteiger charge is -2.26. The van der Waals surface area contributed by atoms with Crippen LogP contribution in [0.25, 0.3) is 0 Å². The molecule has 4 nitrogen and oxygen atoms in total. The Kier molecular flexibility index (Phi) is 5.27. The van der Waals surface area contributed by atoms with Crippen molar-refractivity contribution in [2.24, 2.45) is 5.73 Å². The van der Waals surface area contributed by atoms with Crippen LogP contribution in [-0.2, 0) is 4.74 Å². The van der Waals surface area contributed by atoms with Gasteiger partial charge >= 0.3 is 0 Å². The number of rotatable bonds is 2. The monoisotopic (exact) mass is 173 g/mol. The molecular formula is C8H19N3O. The van der Waals surface area contributed by atoms with E-state index in [4.69, 9.17) is 5.73 Å². The van der Waals surface area contributed by atoms with Gasteiger partial charge in [-0.1, -0.05) is 0 Å². The van der Waals surface area contributed by atoms with Gasteiger partial charge in [-0.3, -0.25) is 4.90 Å². The number of hydrogen-bond acceptors (Lipinski definition) is 4. The van der Waals surface area contributed by atoms with Gasteiger partial charge in [0.1, 0.15) is 0 Å². The van der Waals surface area contributed by atoms with Gasteiger partial charge in [-0.05, 0) is 0 Å². The molecule has 0 aliphatic carbocycles. The molecule has 0 saturated carbocycles. The summed E-state index contributed by atoms with van der Waals surface area (Å²) in [6, 6.07) is 0. The highest BCUT2D eigenvalue weighted by molar-refractivity contribution is 4.66. The first-order valence-electron chi connectivity index (χ1n) is 4.64. The SMILES string of the molecule is C1CO1.NCCN1CCNCC1. The lowest BCUT2D eigenvalue weighted by molar-refractivity contribution is 0.247. The van der Waals surface area contributed by atoms with Gasteiger partial charge in [-0.25, -0.2) is 0 Å². The number of nitrogens with two attached hydrogens (primary N) is 1. The Bertz CT molecular complexity index is 97.0. The average Bonchev–Trinajstić information content (AvgIpc) is 2.93. The maximum atomic E-state index is 5.40. The molecular weight excluding hydrogens is 154 g/mol. The fraction of sp³-hybridized carbons (Fsp3) is 1.00. The Labute approximate surface area is 74.1 Å². The molecule has 0 unspecified atom stereocenters. The van der Waals surface area contributed by atoms with E-state index < -0.39 is 0 Å². The molecule has 0 radical (unpaired) electrons. The second-order valence-electron chi connectivity index (χ2n) is 2.99. The quantitative estimate of drug-likeness (QED) is 0.519. The van der Waals surface area contributed by atoms with Crippen LogP contribution in [-0.4, -0.2) is 57.4 Å². The molecule has 0 amide bonds. The van der Waals surface area contributed by atoms with Crippen LogP contribution in [0.4, 0.5) is 0 Å². The van der Waals surface area contributed by atoms with E-state index in [0.29, 0.717) is 0 Å². The summed E-state index contributed by atoms with van der Waals surface area (Å²) in [5, 5.41) is 3.29. The maximum absolute atomic E-state index is 5.40. The third-order valence-corrected chi connectivity index (χ3v) is 1.86. The predicted molar refractivity (Wildman–Crippen MR) is 49.2 cm³/mol. The largest absolute Gasteiger partial charge is 0.377 e. The van der Waals surface area contributed by atoms with Crippen molar-refractivity contribution in [3.05, 3.63) is 0 Å². The molecule has 2 heterocycles. The summed E-state index contributed by atoms with van der Waals surface area (Å²) >= 11 is 0. The first-order chi connectivity index (χ1) is 5.93. The van der Waals surface area contributed by atoms with Gasteiger partial charge < -0.3 is 15.8 Å². The molecule has 0 spiro atoms. The number of ether oxygens (including phenoxy) is 1. The summed E-state index contributed by atoms with van der Waals surface area (Å²) in [7, 11) is 0. The van der Waals surface area contributed by atoms with Gasteiger partial charge in [0.2, 0.25) is 0 Å². The Hall–Kier alpha value is -0.160. The number of piperazine rings is 1. The van der Waals surface area contributed by atoms with E-state index >= 15 is 0 Å². The van der Waals surface area contributed by atoms with E-state index in [0.717, 1.165) is 52.5 Å². The zero-order valence-corrected chi connectivity index (χ0v) is 7.59. The van der Waals surface area contributed by atoms with Crippen molar-refractivity contribution >= 4 is 0 Å². The normalized spacial score (nSPS) is 22.8. The summed E-state index contributed by atoms with van der Waals surface area (Å²) in [4.78, 5) is 2.39. The summed E-state index contributed by atoms with van der Waals surface area (Å²) in [5.74, 6) is 0. The van der Waals surface area contributed by atoms with Crippen molar-refractivity contribution < 1.29 is 4.74 Å². The standard InChI is InChI=1S/C6H15N3.C2H4O/c7-1-4-9-5-2-8-3-6-9;1-2-3-1/h8H,1-7H2;1-2H2. The molecule has 0 atom stereocenters. The molecule has 0 aromatic rings. The minimum atomic E-state index is 0.792. The molecule has 12 heavy (non-hydrogen) atoms. The van der Waals surface area contributed by atoms with Crippen molar-refractivity contribution in [3.8, 4) is 0 Å². The fourth-order valence-corrected chi connectivity index (χ4v) is 1.12. The lowest BCUT2D eigenvalue weighted by Crippen LogP contribution is -2.45. The number of hydrogen-bond donors (Lipinski definition) is 2. The van der Waals surface area contributed by atoms with Crippen LogP contribution < -0.4 is 11.1 Å². The van der Waals surface area contributed by atoms with Crippen LogP contribution >= 0.6 is 0 Å². The molecule has 2 rings (SSSR count). The minimum absolute atomic E-state index is 0.792. The molecule has 2 fully saturated rings. The molecule has 0 aromatic carbocycles. The number of nitrogens with one attached hydrogen (secondary N) is 1. The van der Waals surface area contributed by atoms with Crippen molar-refractivity contribution in [2.45, 2.75) is 0 Å². The van der Waals surface area contributed by atoms with Gasteiger partial charge in [-0.2, -0.15) is 0 Å². The molecule has 2 aliphatic rings. The van der Waals surface area contributed by atoms with Crippen LogP contribution in [0.3, 0.4) is 0 Å². The molecule has 2 aliphatic heterocycles. The molecule has 72 valence electrons. The highest BCUT2D eigenvalue weighted by Crippen LogP contribution is 1.88. The highest BCUT2D eigenvalue weighted by atomic mass is 16.6. The summed E-state index contributed by atoms with van der Waals surface area (Å²) in [5.41, 5.74) is 5.40. The van der Waals surface area contributed by atoms with Gasteiger partial charge in [-0.15, -0.1) is 0 Å². The number of epoxide rings is 1. The lowest BCUT2D eigenvalue weighted by atomic mass is 10.3. The first kappa shape index (κ1) is 9.92. The third kappa shape index (κ3) is 5.49. The second-order valence-corrected chi connectivity index (χ2v) is 2.99. The van der Waals surface area contributed by atoms with Crippen molar-refractivity contribution in [2.75, 3.05) is 52.5 Å². The maximum Gasteiger partial charge on any atom is 0.0701 e. The van der Waals surface area contributed by atoms with Gasteiger partial charge in [0.05, 0.1) is 13.2 Å². The molecule has 2 saturated heterocycles. The van der Waals surface area contributed by atoms with E-state index in [1.165, 1.54) is 0 Å².